The Balaban J connectivity index is 2.58. The van der Waals surface area contributed by atoms with Gasteiger partial charge in [0, 0.05) is 14.5 Å². The van der Waals surface area contributed by atoms with Crippen LogP contribution in [0.25, 0.3) is 0 Å². The third kappa shape index (κ3) is 3.08. The Labute approximate surface area is 139 Å². The molecule has 0 spiro atoms. The van der Waals surface area contributed by atoms with Crippen molar-refractivity contribution in [3.8, 4) is 0 Å². The van der Waals surface area contributed by atoms with E-state index in [1.807, 2.05) is 19.1 Å². The predicted octanol–water partition coefficient (Wildman–Crippen LogP) is 5.62. The van der Waals surface area contributed by atoms with Crippen molar-refractivity contribution >= 4 is 43.5 Å². The van der Waals surface area contributed by atoms with Crippen LogP contribution in [0.1, 0.15) is 22.7 Å². The van der Waals surface area contributed by atoms with E-state index in [1.54, 1.807) is 25.2 Å². The highest BCUT2D eigenvalue weighted by Gasteiger charge is 2.20. The largest absolute Gasteiger partial charge is 0.309 e. The Kier molecular flexibility index (Phi) is 5.24. The van der Waals surface area contributed by atoms with Crippen molar-refractivity contribution in [3.63, 3.8) is 0 Å². The molecule has 0 aliphatic heterocycles. The Morgan fingerprint density at radius 2 is 1.85 bits per heavy atom. The molecule has 2 aromatic rings. The summed E-state index contributed by atoms with van der Waals surface area (Å²) < 4.78 is 16.1. The molecule has 0 heterocycles. The molecule has 20 heavy (non-hydrogen) atoms. The molecule has 106 valence electrons. The zero-order valence-electron chi connectivity index (χ0n) is 11.0. The second-order valence-electron chi connectivity index (χ2n) is 4.49. The van der Waals surface area contributed by atoms with Gasteiger partial charge in [-0.25, -0.2) is 4.39 Å². The van der Waals surface area contributed by atoms with Crippen LogP contribution in [0.5, 0.6) is 0 Å². The lowest BCUT2D eigenvalue weighted by molar-refractivity contribution is 0.575. The summed E-state index contributed by atoms with van der Waals surface area (Å²) in [5.41, 5.74) is 2.59. The van der Waals surface area contributed by atoms with Gasteiger partial charge >= 0.3 is 0 Å². The van der Waals surface area contributed by atoms with Crippen molar-refractivity contribution in [2.45, 2.75) is 13.0 Å². The molecule has 0 aliphatic carbocycles. The van der Waals surface area contributed by atoms with Crippen LogP contribution in [-0.4, -0.2) is 7.05 Å². The van der Waals surface area contributed by atoms with E-state index in [4.69, 9.17) is 11.6 Å². The molecular weight excluding hydrogens is 408 g/mol. The van der Waals surface area contributed by atoms with Gasteiger partial charge in [-0.15, -0.1) is 0 Å². The number of hydrogen-bond donors (Lipinski definition) is 1. The molecule has 0 fully saturated rings. The lowest BCUT2D eigenvalue weighted by Crippen LogP contribution is -2.19. The minimum atomic E-state index is -0.392. The molecule has 0 saturated carbocycles. The lowest BCUT2D eigenvalue weighted by Gasteiger charge is -2.20. The first-order chi connectivity index (χ1) is 9.45. The van der Waals surface area contributed by atoms with E-state index in [1.165, 1.54) is 0 Å². The molecule has 0 aromatic heterocycles. The van der Waals surface area contributed by atoms with Crippen molar-refractivity contribution in [1.29, 1.82) is 0 Å². The van der Waals surface area contributed by atoms with E-state index >= 15 is 0 Å². The minimum Gasteiger partial charge on any atom is -0.309 e. The van der Waals surface area contributed by atoms with E-state index in [2.05, 4.69) is 37.2 Å². The van der Waals surface area contributed by atoms with Gasteiger partial charge in [0.2, 0.25) is 0 Å². The van der Waals surface area contributed by atoms with Crippen LogP contribution in [0.15, 0.2) is 39.3 Å². The Morgan fingerprint density at radius 1 is 1.15 bits per heavy atom. The van der Waals surface area contributed by atoms with E-state index in [0.29, 0.717) is 5.56 Å². The third-order valence-electron chi connectivity index (χ3n) is 3.17. The number of rotatable bonds is 3. The Hall–Kier alpha value is -0.420. The summed E-state index contributed by atoms with van der Waals surface area (Å²) in [6.45, 7) is 2.01. The van der Waals surface area contributed by atoms with Gasteiger partial charge in [0.25, 0.3) is 0 Å². The summed E-state index contributed by atoms with van der Waals surface area (Å²) in [7, 11) is 1.80. The van der Waals surface area contributed by atoms with Crippen molar-refractivity contribution in [1.82, 2.24) is 5.32 Å². The molecule has 2 rings (SSSR count). The molecule has 1 atom stereocenters. The minimum absolute atomic E-state index is 0.130. The molecule has 1 N–H and O–H groups in total. The average molecular weight is 422 g/mol. The fourth-order valence-electron chi connectivity index (χ4n) is 2.10. The standard InChI is InChI=1S/C15H13Br2ClFN/c1-8-6-12(17)10(7-11(8)16)15(20-2)9-4-3-5-13(18)14(9)19/h3-7,15,20H,1-2H3. The highest BCUT2D eigenvalue weighted by atomic mass is 79.9. The zero-order chi connectivity index (χ0) is 14.9. The maximum atomic E-state index is 14.2. The van der Waals surface area contributed by atoms with Gasteiger partial charge in [0.05, 0.1) is 11.1 Å². The first-order valence-corrected chi connectivity index (χ1v) is 7.98. The Morgan fingerprint density at radius 3 is 2.50 bits per heavy atom. The topological polar surface area (TPSA) is 12.0 Å². The summed E-state index contributed by atoms with van der Waals surface area (Å²) in [5, 5.41) is 3.27. The molecule has 0 bridgehead atoms. The highest BCUT2D eigenvalue weighted by Crippen LogP contribution is 2.34. The fraction of sp³-hybridized carbons (Fsp3) is 0.200. The molecule has 0 saturated heterocycles. The first kappa shape index (κ1) is 16.0. The van der Waals surface area contributed by atoms with Crippen LogP contribution in [0.2, 0.25) is 5.02 Å². The molecule has 1 unspecified atom stereocenters. The number of halogens is 4. The molecular formula is C15H13Br2ClFN. The summed E-state index contributed by atoms with van der Waals surface area (Å²) in [6.07, 6.45) is 0. The van der Waals surface area contributed by atoms with E-state index in [-0.39, 0.29) is 11.1 Å². The second kappa shape index (κ2) is 6.56. The van der Waals surface area contributed by atoms with Crippen molar-refractivity contribution in [3.05, 3.63) is 66.8 Å². The highest BCUT2D eigenvalue weighted by molar-refractivity contribution is 9.11. The molecule has 2 aromatic carbocycles. The van der Waals surface area contributed by atoms with Gasteiger partial charge in [-0.05, 0) is 43.3 Å². The monoisotopic (exact) mass is 419 g/mol. The van der Waals surface area contributed by atoms with Crippen LogP contribution >= 0.6 is 43.5 Å². The van der Waals surface area contributed by atoms with Crippen LogP contribution in [0.3, 0.4) is 0 Å². The van der Waals surface area contributed by atoms with E-state index in [0.717, 1.165) is 20.1 Å². The van der Waals surface area contributed by atoms with Crippen LogP contribution in [0, 0.1) is 12.7 Å². The third-order valence-corrected chi connectivity index (χ3v) is 5.00. The van der Waals surface area contributed by atoms with E-state index in [9.17, 15) is 4.39 Å². The zero-order valence-corrected chi connectivity index (χ0v) is 14.9. The maximum absolute atomic E-state index is 14.2. The predicted molar refractivity (Wildman–Crippen MR) is 88.9 cm³/mol. The average Bonchev–Trinajstić information content (AvgIpc) is 2.41. The summed E-state index contributed by atoms with van der Waals surface area (Å²) in [5.74, 6) is -0.392. The van der Waals surface area contributed by atoms with Crippen LogP contribution in [-0.2, 0) is 0 Å². The van der Waals surface area contributed by atoms with E-state index < -0.39 is 5.82 Å². The van der Waals surface area contributed by atoms with Gasteiger partial charge in [0.1, 0.15) is 5.82 Å². The van der Waals surface area contributed by atoms with Crippen molar-refractivity contribution in [2.24, 2.45) is 0 Å². The smallest absolute Gasteiger partial charge is 0.146 e. The summed E-state index contributed by atoms with van der Waals surface area (Å²) in [4.78, 5) is 0. The van der Waals surface area contributed by atoms with Gasteiger partial charge in [-0.3, -0.25) is 0 Å². The number of nitrogens with one attached hydrogen (secondary N) is 1. The van der Waals surface area contributed by atoms with Crippen LogP contribution in [0.4, 0.5) is 4.39 Å². The normalized spacial score (nSPS) is 12.5. The second-order valence-corrected chi connectivity index (χ2v) is 6.60. The molecule has 5 heteroatoms. The quantitative estimate of drug-likeness (QED) is 0.678. The lowest BCUT2D eigenvalue weighted by atomic mass is 9.97. The number of benzene rings is 2. The first-order valence-electron chi connectivity index (χ1n) is 6.02. The summed E-state index contributed by atoms with van der Waals surface area (Å²) in [6, 6.07) is 8.76. The molecule has 0 aliphatic rings. The molecule has 1 nitrogen and oxygen atoms in total. The summed E-state index contributed by atoms with van der Waals surface area (Å²) >= 11 is 12.9. The van der Waals surface area contributed by atoms with Gasteiger partial charge in [-0.1, -0.05) is 55.6 Å². The number of aryl methyl sites for hydroxylation is 1. The van der Waals surface area contributed by atoms with Crippen LogP contribution < -0.4 is 5.32 Å². The van der Waals surface area contributed by atoms with Gasteiger partial charge < -0.3 is 5.32 Å². The number of hydrogen-bond acceptors (Lipinski definition) is 1. The fourth-order valence-corrected chi connectivity index (χ4v) is 3.33. The molecule has 0 amide bonds. The SMILES string of the molecule is CNC(c1cc(Br)c(C)cc1Br)c1cccc(Cl)c1F. The van der Waals surface area contributed by atoms with Gasteiger partial charge in [0.15, 0.2) is 0 Å². The Bertz CT molecular complexity index is 646. The maximum Gasteiger partial charge on any atom is 0.146 e. The molecule has 0 radical (unpaired) electrons. The van der Waals surface area contributed by atoms with Gasteiger partial charge in [-0.2, -0.15) is 0 Å². The van der Waals surface area contributed by atoms with Crippen molar-refractivity contribution < 1.29 is 4.39 Å². The van der Waals surface area contributed by atoms with Crippen molar-refractivity contribution in [2.75, 3.05) is 7.05 Å².